The number of aliphatic hydroxyl groups is 2. The van der Waals surface area contributed by atoms with Gasteiger partial charge in [-0.25, -0.2) is 9.78 Å². The molecule has 0 spiro atoms. The molecule has 1 unspecified atom stereocenters. The molecule has 0 amide bonds. The van der Waals surface area contributed by atoms with Gasteiger partial charge in [-0.15, -0.1) is 0 Å². The summed E-state index contributed by atoms with van der Waals surface area (Å²) in [7, 11) is 0. The minimum absolute atomic E-state index is 0.142. The molecule has 1 atom stereocenters. The number of nitrogens with zero attached hydrogens (tertiary/aromatic N) is 2. The number of aromatic nitrogens is 1. The Morgan fingerprint density at radius 3 is 2.78 bits per heavy atom. The molecular weight excluding hydrogens is 246 g/mol. The minimum Gasteiger partial charge on any atom is -0.478 e. The molecule has 18 heavy (non-hydrogen) atoms. The van der Waals surface area contributed by atoms with Gasteiger partial charge in [-0.3, -0.25) is 10.1 Å². The number of nitrogens with one attached hydrogen (secondary N) is 1. The van der Waals surface area contributed by atoms with Crippen LogP contribution in [0.5, 0.6) is 0 Å². The third-order valence-corrected chi connectivity index (χ3v) is 2.03. The van der Waals surface area contributed by atoms with Crippen molar-refractivity contribution in [1.29, 1.82) is 0 Å². The Balaban J connectivity index is 2.97. The number of carbonyl (C=O) groups is 1. The van der Waals surface area contributed by atoms with E-state index < -0.39 is 29.3 Å². The smallest absolute Gasteiger partial charge is 0.337 e. The van der Waals surface area contributed by atoms with Crippen molar-refractivity contribution in [2.24, 2.45) is 0 Å². The van der Waals surface area contributed by atoms with Crippen LogP contribution in [0.15, 0.2) is 12.3 Å². The summed E-state index contributed by atoms with van der Waals surface area (Å²) in [5.74, 6) is -1.50. The van der Waals surface area contributed by atoms with E-state index in [2.05, 4.69) is 10.3 Å². The first-order valence-corrected chi connectivity index (χ1v) is 4.86. The molecule has 4 N–H and O–H groups in total. The first-order valence-electron chi connectivity index (χ1n) is 4.86. The van der Waals surface area contributed by atoms with Gasteiger partial charge in [-0.05, 0) is 0 Å². The third-order valence-electron chi connectivity index (χ3n) is 2.03. The molecule has 1 aromatic rings. The Morgan fingerprint density at radius 1 is 1.61 bits per heavy atom. The second-order valence-electron chi connectivity index (χ2n) is 3.37. The molecule has 0 aromatic carbocycles. The molecule has 1 rings (SSSR count). The lowest BCUT2D eigenvalue weighted by Crippen LogP contribution is -2.23. The molecule has 0 aliphatic carbocycles. The van der Waals surface area contributed by atoms with E-state index in [1.807, 2.05) is 0 Å². The highest BCUT2D eigenvalue weighted by molar-refractivity contribution is 5.88. The topological polar surface area (TPSA) is 146 Å². The van der Waals surface area contributed by atoms with Gasteiger partial charge in [0.25, 0.3) is 0 Å². The number of carboxylic acid groups (broad SMARTS) is 1. The fraction of sp³-hybridized carbons (Fsp3) is 0.333. The van der Waals surface area contributed by atoms with Crippen molar-refractivity contribution in [3.05, 3.63) is 27.9 Å². The van der Waals surface area contributed by atoms with Gasteiger partial charge in [0.05, 0.1) is 23.2 Å². The summed E-state index contributed by atoms with van der Waals surface area (Å²) in [6.45, 7) is -0.648. The van der Waals surface area contributed by atoms with Gasteiger partial charge in [0, 0.05) is 18.8 Å². The van der Waals surface area contributed by atoms with Crippen molar-refractivity contribution in [3.8, 4) is 0 Å². The summed E-state index contributed by atoms with van der Waals surface area (Å²) >= 11 is 0. The molecule has 0 aliphatic heterocycles. The highest BCUT2D eigenvalue weighted by Crippen LogP contribution is 2.22. The van der Waals surface area contributed by atoms with Gasteiger partial charge in [-0.1, -0.05) is 0 Å². The summed E-state index contributed by atoms with van der Waals surface area (Å²) < 4.78 is 0. The molecule has 98 valence electrons. The second kappa shape index (κ2) is 5.89. The largest absolute Gasteiger partial charge is 0.478 e. The predicted molar refractivity (Wildman–Crippen MR) is 59.4 cm³/mol. The zero-order valence-electron chi connectivity index (χ0n) is 9.11. The summed E-state index contributed by atoms with van der Waals surface area (Å²) in [6.07, 6.45) is -0.131. The quantitative estimate of drug-likeness (QED) is 0.392. The third kappa shape index (κ3) is 3.37. The lowest BCUT2D eigenvalue weighted by Gasteiger charge is -2.09. The van der Waals surface area contributed by atoms with Gasteiger partial charge in [-0.2, -0.15) is 0 Å². The molecule has 0 radical (unpaired) electrons. The molecule has 1 heterocycles. The zero-order chi connectivity index (χ0) is 13.7. The van der Waals surface area contributed by atoms with E-state index in [1.54, 1.807) is 0 Å². The summed E-state index contributed by atoms with van der Waals surface area (Å²) in [6, 6.07) is 0.864. The van der Waals surface area contributed by atoms with Crippen LogP contribution < -0.4 is 5.32 Å². The maximum Gasteiger partial charge on any atom is 0.337 e. The number of hydrogen-bond acceptors (Lipinski definition) is 7. The number of aliphatic hydroxyl groups excluding tert-OH is 2. The van der Waals surface area contributed by atoms with Crippen molar-refractivity contribution < 1.29 is 25.0 Å². The molecule has 0 fully saturated rings. The Morgan fingerprint density at radius 2 is 2.28 bits per heavy atom. The second-order valence-corrected chi connectivity index (χ2v) is 3.37. The summed E-state index contributed by atoms with van der Waals surface area (Å²) in [5, 5.41) is 39.5. The maximum atomic E-state index is 10.7. The van der Waals surface area contributed by atoms with Crippen molar-refractivity contribution in [1.82, 2.24) is 4.98 Å². The van der Waals surface area contributed by atoms with Crippen LogP contribution in [0.4, 0.5) is 11.5 Å². The van der Waals surface area contributed by atoms with Crippen molar-refractivity contribution in [2.75, 3.05) is 18.5 Å². The van der Waals surface area contributed by atoms with Gasteiger partial charge in [0.1, 0.15) is 0 Å². The number of carboxylic acids is 1. The minimum atomic E-state index is -1.33. The van der Waals surface area contributed by atoms with E-state index in [1.165, 1.54) is 0 Å². The molecule has 0 saturated carbocycles. The normalized spacial score (nSPS) is 11.9. The molecule has 0 saturated heterocycles. The van der Waals surface area contributed by atoms with Crippen molar-refractivity contribution >= 4 is 17.5 Å². The highest BCUT2D eigenvalue weighted by Gasteiger charge is 2.19. The lowest BCUT2D eigenvalue weighted by atomic mass is 10.2. The Hall–Kier alpha value is -2.26. The fourth-order valence-electron chi connectivity index (χ4n) is 1.12. The Bertz CT molecular complexity index is 464. The monoisotopic (exact) mass is 257 g/mol. The van der Waals surface area contributed by atoms with Crippen LogP contribution >= 0.6 is 0 Å². The molecule has 9 heteroatoms. The van der Waals surface area contributed by atoms with E-state index in [0.717, 1.165) is 12.3 Å². The molecule has 0 aliphatic rings. The van der Waals surface area contributed by atoms with E-state index in [9.17, 15) is 14.9 Å². The SMILES string of the molecule is O=C(O)c1cnc(NCC(O)CO)c([N+](=O)[O-])c1. The first kappa shape index (κ1) is 13.8. The van der Waals surface area contributed by atoms with Gasteiger partial charge >= 0.3 is 11.7 Å². The number of anilines is 1. The number of rotatable bonds is 6. The van der Waals surface area contributed by atoms with Crippen molar-refractivity contribution in [3.63, 3.8) is 0 Å². The maximum absolute atomic E-state index is 10.7. The van der Waals surface area contributed by atoms with Crippen LogP contribution in [0, 0.1) is 10.1 Å². The molecule has 1 aromatic heterocycles. The van der Waals surface area contributed by atoms with Crippen LogP contribution in [0.25, 0.3) is 0 Å². The van der Waals surface area contributed by atoms with Crippen LogP contribution in [0.2, 0.25) is 0 Å². The molecule has 0 bridgehead atoms. The Kier molecular flexibility index (Phi) is 4.52. The number of hydrogen-bond donors (Lipinski definition) is 4. The van der Waals surface area contributed by atoms with Crippen LogP contribution in [-0.2, 0) is 0 Å². The van der Waals surface area contributed by atoms with Gasteiger partial charge in [0.2, 0.25) is 5.82 Å². The van der Waals surface area contributed by atoms with Crippen LogP contribution in [0.3, 0.4) is 0 Å². The number of nitro groups is 1. The Labute approximate surface area is 101 Å². The number of aromatic carboxylic acids is 1. The summed E-state index contributed by atoms with van der Waals surface area (Å²) in [5.41, 5.74) is -0.824. The van der Waals surface area contributed by atoms with E-state index >= 15 is 0 Å². The zero-order valence-corrected chi connectivity index (χ0v) is 9.11. The van der Waals surface area contributed by atoms with Crippen LogP contribution in [0.1, 0.15) is 10.4 Å². The average molecular weight is 257 g/mol. The number of pyridine rings is 1. The standard InChI is InChI=1S/C9H11N3O6/c13-4-6(14)3-11-8-7(12(17)18)1-5(2-10-8)9(15)16/h1-2,6,13-14H,3-4H2,(H,10,11)(H,15,16). The van der Waals surface area contributed by atoms with E-state index in [4.69, 9.17) is 15.3 Å². The van der Waals surface area contributed by atoms with E-state index in [-0.39, 0.29) is 17.9 Å². The lowest BCUT2D eigenvalue weighted by molar-refractivity contribution is -0.384. The first-order chi connectivity index (χ1) is 8.45. The van der Waals surface area contributed by atoms with Crippen molar-refractivity contribution in [2.45, 2.75) is 6.10 Å². The van der Waals surface area contributed by atoms with Crippen LogP contribution in [-0.4, -0.2) is 50.5 Å². The highest BCUT2D eigenvalue weighted by atomic mass is 16.6. The predicted octanol–water partition coefficient (Wildman–Crippen LogP) is -0.547. The van der Waals surface area contributed by atoms with E-state index in [0.29, 0.717) is 0 Å². The van der Waals surface area contributed by atoms with Gasteiger partial charge in [0.15, 0.2) is 0 Å². The van der Waals surface area contributed by atoms with Gasteiger partial charge < -0.3 is 20.6 Å². The molecular formula is C9H11N3O6. The summed E-state index contributed by atoms with van der Waals surface area (Å²) in [4.78, 5) is 24.2. The molecule has 9 nitrogen and oxygen atoms in total. The average Bonchev–Trinajstić information content (AvgIpc) is 2.35. The fourth-order valence-corrected chi connectivity index (χ4v) is 1.12.